The molecule has 7 heteroatoms. The number of rotatable bonds is 4. The van der Waals surface area contributed by atoms with Crippen LogP contribution in [0.1, 0.15) is 22.2 Å². The van der Waals surface area contributed by atoms with E-state index in [1.807, 2.05) is 4.90 Å². The lowest BCUT2D eigenvalue weighted by atomic mass is 10.1. The fourth-order valence-corrected chi connectivity index (χ4v) is 4.78. The minimum absolute atomic E-state index is 0.115. The summed E-state index contributed by atoms with van der Waals surface area (Å²) >= 11 is 3.47. The fourth-order valence-electron chi connectivity index (χ4n) is 2.95. The molecule has 0 fully saturated rings. The van der Waals surface area contributed by atoms with Crippen LogP contribution >= 0.6 is 22.7 Å². The molecule has 0 spiro atoms. The predicted molar refractivity (Wildman–Crippen MR) is 98.7 cm³/mol. The van der Waals surface area contributed by atoms with Crippen molar-refractivity contribution in [3.8, 4) is 0 Å². The highest BCUT2D eigenvalue weighted by Crippen LogP contribution is 2.28. The first-order valence-electron chi connectivity index (χ1n) is 8.05. The molecule has 3 aromatic rings. The third-order valence-electron chi connectivity index (χ3n) is 4.30. The predicted octanol–water partition coefficient (Wildman–Crippen LogP) is 3.31. The van der Waals surface area contributed by atoms with Crippen molar-refractivity contribution in [1.29, 1.82) is 0 Å². The molecule has 0 aliphatic carbocycles. The maximum Gasteiger partial charge on any atom is 0.242 e. The second-order valence-electron chi connectivity index (χ2n) is 5.80. The number of anilines is 1. The molecular formula is C17H18N4OS2. The van der Waals surface area contributed by atoms with Gasteiger partial charge in [-0.25, -0.2) is 9.97 Å². The Kier molecular flexibility index (Phi) is 4.20. The molecule has 0 bridgehead atoms. The van der Waals surface area contributed by atoms with Crippen LogP contribution in [0.5, 0.6) is 0 Å². The molecule has 0 aromatic carbocycles. The summed E-state index contributed by atoms with van der Waals surface area (Å²) in [7, 11) is 0. The molecule has 24 heavy (non-hydrogen) atoms. The Morgan fingerprint density at radius 3 is 3.21 bits per heavy atom. The Hall–Kier alpha value is -1.99. The molecule has 4 rings (SSSR count). The fraction of sp³-hybridized carbons (Fsp3) is 0.353. The summed E-state index contributed by atoms with van der Waals surface area (Å²) in [5.74, 6) is 0.863. The van der Waals surface area contributed by atoms with Crippen molar-refractivity contribution in [2.24, 2.45) is 0 Å². The van der Waals surface area contributed by atoms with Crippen LogP contribution in [0.25, 0.3) is 10.2 Å². The molecule has 0 radical (unpaired) electrons. The molecule has 4 heterocycles. The quantitative estimate of drug-likeness (QED) is 0.777. The number of fused-ring (bicyclic) bond motifs is 2. The molecule has 124 valence electrons. The maximum absolute atomic E-state index is 12.5. The van der Waals surface area contributed by atoms with Crippen LogP contribution in [-0.2, 0) is 24.2 Å². The summed E-state index contributed by atoms with van der Waals surface area (Å²) in [6, 6.07) is 4.24. The first kappa shape index (κ1) is 15.5. The molecule has 1 N–H and O–H groups in total. The lowest BCUT2D eigenvalue weighted by Gasteiger charge is -2.27. The van der Waals surface area contributed by atoms with Gasteiger partial charge in [0.2, 0.25) is 5.91 Å². The van der Waals surface area contributed by atoms with E-state index >= 15 is 0 Å². The summed E-state index contributed by atoms with van der Waals surface area (Å²) in [5.41, 5.74) is 1.29. The Morgan fingerprint density at radius 2 is 2.33 bits per heavy atom. The molecule has 1 aliphatic heterocycles. The first-order chi connectivity index (χ1) is 11.7. The third-order valence-corrected chi connectivity index (χ3v) is 6.51. The minimum atomic E-state index is 0.115. The molecule has 3 aromatic heterocycles. The highest BCUT2D eigenvalue weighted by Gasteiger charge is 2.21. The van der Waals surface area contributed by atoms with Crippen LogP contribution in [0.2, 0.25) is 0 Å². The van der Waals surface area contributed by atoms with Gasteiger partial charge in [-0.2, -0.15) is 0 Å². The normalized spacial score (nSPS) is 14.0. The summed E-state index contributed by atoms with van der Waals surface area (Å²) in [6.07, 6.45) is 3.50. The van der Waals surface area contributed by atoms with Crippen molar-refractivity contribution < 1.29 is 4.79 Å². The van der Waals surface area contributed by atoms with Crippen LogP contribution in [-0.4, -0.2) is 33.9 Å². The van der Waals surface area contributed by atoms with Gasteiger partial charge in [0.15, 0.2) is 0 Å². The summed E-state index contributed by atoms with van der Waals surface area (Å²) in [4.78, 5) is 26.7. The standard InChI is InChI=1S/C17H18N4OS2/c1-2-12-7-13-16(19-10-20-17(13)24-12)18-8-15(22)21-5-3-14-11(9-21)4-6-23-14/h4,6-7,10H,2-3,5,8-9H2,1H3,(H,18,19,20). The average molecular weight is 358 g/mol. The smallest absolute Gasteiger partial charge is 0.242 e. The van der Waals surface area contributed by atoms with E-state index in [0.29, 0.717) is 0 Å². The molecule has 0 atom stereocenters. The minimum Gasteiger partial charge on any atom is -0.360 e. The third kappa shape index (κ3) is 2.89. The van der Waals surface area contributed by atoms with E-state index < -0.39 is 0 Å². The van der Waals surface area contributed by atoms with E-state index in [9.17, 15) is 4.79 Å². The molecule has 1 aliphatic rings. The SMILES string of the molecule is CCc1cc2c(NCC(=O)N3CCc4sccc4C3)ncnc2s1. The molecule has 0 unspecified atom stereocenters. The highest BCUT2D eigenvalue weighted by molar-refractivity contribution is 7.18. The number of carbonyl (C=O) groups is 1. The molecule has 0 saturated carbocycles. The topological polar surface area (TPSA) is 58.1 Å². The number of aryl methyl sites for hydroxylation is 1. The number of hydrogen-bond acceptors (Lipinski definition) is 6. The number of nitrogens with zero attached hydrogens (tertiary/aromatic N) is 3. The van der Waals surface area contributed by atoms with E-state index in [-0.39, 0.29) is 12.5 Å². The largest absolute Gasteiger partial charge is 0.360 e. The number of nitrogens with one attached hydrogen (secondary N) is 1. The van der Waals surface area contributed by atoms with Crippen molar-refractivity contribution in [3.05, 3.63) is 39.2 Å². The lowest BCUT2D eigenvalue weighted by Crippen LogP contribution is -2.38. The maximum atomic E-state index is 12.5. The number of aromatic nitrogens is 2. The second kappa shape index (κ2) is 6.49. The summed E-state index contributed by atoms with van der Waals surface area (Å²) in [6.45, 7) is 3.91. The number of amides is 1. The van der Waals surface area contributed by atoms with Gasteiger partial charge < -0.3 is 10.2 Å². The van der Waals surface area contributed by atoms with Gasteiger partial charge >= 0.3 is 0 Å². The first-order valence-corrected chi connectivity index (χ1v) is 9.74. The Morgan fingerprint density at radius 1 is 1.42 bits per heavy atom. The number of thiophene rings is 2. The van der Waals surface area contributed by atoms with Gasteiger partial charge in [0.25, 0.3) is 0 Å². The van der Waals surface area contributed by atoms with Crippen molar-refractivity contribution in [2.45, 2.75) is 26.3 Å². The zero-order valence-electron chi connectivity index (χ0n) is 13.4. The lowest BCUT2D eigenvalue weighted by molar-refractivity contribution is -0.130. The van der Waals surface area contributed by atoms with Gasteiger partial charge in [0.1, 0.15) is 17.0 Å². The Bertz CT molecular complexity index is 886. The molecule has 1 amide bonds. The van der Waals surface area contributed by atoms with Gasteiger partial charge in [-0.15, -0.1) is 22.7 Å². The summed E-state index contributed by atoms with van der Waals surface area (Å²) < 4.78 is 0. The number of hydrogen-bond donors (Lipinski definition) is 1. The van der Waals surface area contributed by atoms with Crippen LogP contribution in [0.3, 0.4) is 0 Å². The van der Waals surface area contributed by atoms with Gasteiger partial charge in [-0.1, -0.05) is 6.92 Å². The van der Waals surface area contributed by atoms with Crippen molar-refractivity contribution in [1.82, 2.24) is 14.9 Å². The molecular weight excluding hydrogens is 340 g/mol. The molecule has 0 saturated heterocycles. The van der Waals surface area contributed by atoms with Crippen molar-refractivity contribution >= 4 is 44.6 Å². The highest BCUT2D eigenvalue weighted by atomic mass is 32.1. The van der Waals surface area contributed by atoms with Crippen molar-refractivity contribution in [3.63, 3.8) is 0 Å². The van der Waals surface area contributed by atoms with E-state index in [1.54, 1.807) is 29.0 Å². The second-order valence-corrected chi connectivity index (χ2v) is 7.91. The van der Waals surface area contributed by atoms with E-state index in [1.165, 1.54) is 15.3 Å². The van der Waals surface area contributed by atoms with Crippen molar-refractivity contribution in [2.75, 3.05) is 18.4 Å². The van der Waals surface area contributed by atoms with E-state index in [2.05, 4.69) is 39.7 Å². The van der Waals surface area contributed by atoms with Gasteiger partial charge in [-0.3, -0.25) is 4.79 Å². The van der Waals surface area contributed by atoms with Crippen LogP contribution in [0, 0.1) is 0 Å². The van der Waals surface area contributed by atoms with Crippen LogP contribution < -0.4 is 5.32 Å². The molecule has 5 nitrogen and oxygen atoms in total. The Labute approximate surface area is 148 Å². The van der Waals surface area contributed by atoms with Crippen LogP contribution in [0.4, 0.5) is 5.82 Å². The van der Waals surface area contributed by atoms with E-state index in [0.717, 1.165) is 42.0 Å². The van der Waals surface area contributed by atoms with Crippen LogP contribution in [0.15, 0.2) is 23.8 Å². The Balaban J connectivity index is 1.45. The zero-order chi connectivity index (χ0) is 16.5. The van der Waals surface area contributed by atoms with Gasteiger partial charge in [-0.05, 0) is 35.9 Å². The monoisotopic (exact) mass is 358 g/mol. The average Bonchev–Trinajstić information content (AvgIpc) is 3.24. The zero-order valence-corrected chi connectivity index (χ0v) is 15.0. The van der Waals surface area contributed by atoms with Gasteiger partial charge in [0, 0.05) is 22.8 Å². The van der Waals surface area contributed by atoms with Gasteiger partial charge in [0.05, 0.1) is 11.9 Å². The van der Waals surface area contributed by atoms with E-state index in [4.69, 9.17) is 0 Å². The number of carbonyl (C=O) groups excluding carboxylic acids is 1. The summed E-state index contributed by atoms with van der Waals surface area (Å²) in [5, 5.41) is 6.32.